The molecule has 2 unspecified atom stereocenters. The molecule has 1 aromatic rings. The van der Waals surface area contributed by atoms with Crippen LogP contribution in [0, 0.1) is 11.3 Å². The number of carbonyl (C=O) groups excluding carboxylic acids is 1. The van der Waals surface area contributed by atoms with E-state index in [1.54, 1.807) is 6.07 Å². The first-order chi connectivity index (χ1) is 9.56. The number of carbonyl (C=O) groups is 1. The lowest BCUT2D eigenvalue weighted by Gasteiger charge is -2.43. The number of phenols is 1. The van der Waals surface area contributed by atoms with Crippen LogP contribution in [0.1, 0.15) is 50.7 Å². The predicted molar refractivity (Wildman–Crippen MR) is 80.5 cm³/mol. The van der Waals surface area contributed by atoms with E-state index >= 15 is 0 Å². The monoisotopic (exact) mass is 270 g/mol. The van der Waals surface area contributed by atoms with Gasteiger partial charge in [0.1, 0.15) is 5.75 Å². The largest absolute Gasteiger partial charge is 0.508 e. The van der Waals surface area contributed by atoms with Crippen molar-refractivity contribution in [3.8, 4) is 5.75 Å². The summed E-state index contributed by atoms with van der Waals surface area (Å²) in [7, 11) is 0. The zero-order chi connectivity index (χ0) is 14.3. The van der Waals surface area contributed by atoms with Crippen molar-refractivity contribution < 1.29 is 9.90 Å². The Hall–Kier alpha value is -1.57. The molecule has 0 spiro atoms. The van der Waals surface area contributed by atoms with Crippen LogP contribution in [0.2, 0.25) is 0 Å². The van der Waals surface area contributed by atoms with Gasteiger partial charge in [0.25, 0.3) is 0 Å². The summed E-state index contributed by atoms with van der Waals surface area (Å²) in [5, 5.41) is 9.69. The van der Waals surface area contributed by atoms with Crippen LogP contribution in [0.25, 0.3) is 5.57 Å². The van der Waals surface area contributed by atoms with Gasteiger partial charge in [-0.15, -0.1) is 0 Å². The number of benzene rings is 1. The van der Waals surface area contributed by atoms with E-state index in [2.05, 4.69) is 13.8 Å². The molecule has 20 heavy (non-hydrogen) atoms. The highest BCUT2D eigenvalue weighted by atomic mass is 16.3. The van der Waals surface area contributed by atoms with E-state index in [-0.39, 0.29) is 11.2 Å². The number of unbranched alkanes of at least 4 members (excludes halogenated alkanes) is 1. The average Bonchev–Trinajstić information content (AvgIpc) is 2.75. The van der Waals surface area contributed by atoms with Crippen molar-refractivity contribution in [2.45, 2.75) is 46.0 Å². The van der Waals surface area contributed by atoms with Crippen LogP contribution in [-0.2, 0) is 11.2 Å². The third-order valence-corrected chi connectivity index (χ3v) is 5.16. The SMILES string of the molecule is CCCCC12CC(=O)C=C1c1ccc(O)cc1CC2C. The van der Waals surface area contributed by atoms with Crippen LogP contribution < -0.4 is 0 Å². The number of fused-ring (bicyclic) bond motifs is 3. The smallest absolute Gasteiger partial charge is 0.156 e. The van der Waals surface area contributed by atoms with Gasteiger partial charge in [0, 0.05) is 11.8 Å². The fourth-order valence-electron chi connectivity index (χ4n) is 4.05. The van der Waals surface area contributed by atoms with Crippen molar-refractivity contribution >= 4 is 11.4 Å². The van der Waals surface area contributed by atoms with Crippen molar-refractivity contribution in [3.05, 3.63) is 35.4 Å². The molecule has 2 heteroatoms. The Kier molecular flexibility index (Phi) is 3.19. The molecule has 0 saturated carbocycles. The van der Waals surface area contributed by atoms with Gasteiger partial charge >= 0.3 is 0 Å². The normalized spacial score (nSPS) is 28.0. The van der Waals surface area contributed by atoms with Gasteiger partial charge in [0.2, 0.25) is 0 Å². The standard InChI is InChI=1S/C18H22O2/c1-3-4-7-18-11-15(20)10-17(18)16-6-5-14(19)9-13(16)8-12(18)2/h5-6,9-10,12,19H,3-4,7-8,11H2,1-2H3. The van der Waals surface area contributed by atoms with E-state index in [0.29, 0.717) is 18.1 Å². The molecule has 2 aliphatic carbocycles. The zero-order valence-corrected chi connectivity index (χ0v) is 12.3. The third-order valence-electron chi connectivity index (χ3n) is 5.16. The third kappa shape index (κ3) is 1.90. The van der Waals surface area contributed by atoms with E-state index in [0.717, 1.165) is 12.8 Å². The molecule has 0 bridgehead atoms. The molecular weight excluding hydrogens is 248 g/mol. The van der Waals surface area contributed by atoms with Gasteiger partial charge in [0.05, 0.1) is 0 Å². The molecule has 2 atom stereocenters. The summed E-state index contributed by atoms with van der Waals surface area (Å²) in [5.41, 5.74) is 3.63. The second-order valence-corrected chi connectivity index (χ2v) is 6.41. The summed E-state index contributed by atoms with van der Waals surface area (Å²) in [6, 6.07) is 5.59. The number of ketones is 1. The van der Waals surface area contributed by atoms with E-state index in [4.69, 9.17) is 0 Å². The van der Waals surface area contributed by atoms with E-state index in [1.165, 1.54) is 29.5 Å². The predicted octanol–water partition coefficient (Wildman–Crippen LogP) is 4.12. The van der Waals surface area contributed by atoms with E-state index < -0.39 is 0 Å². The summed E-state index contributed by atoms with van der Waals surface area (Å²) >= 11 is 0. The van der Waals surface area contributed by atoms with Crippen LogP contribution in [-0.4, -0.2) is 10.9 Å². The Balaban J connectivity index is 2.11. The van der Waals surface area contributed by atoms with Gasteiger partial charge in [-0.2, -0.15) is 0 Å². The van der Waals surface area contributed by atoms with Gasteiger partial charge in [-0.05, 0) is 53.7 Å². The molecule has 0 heterocycles. The van der Waals surface area contributed by atoms with Gasteiger partial charge in [-0.25, -0.2) is 0 Å². The number of hydrogen-bond donors (Lipinski definition) is 1. The topological polar surface area (TPSA) is 37.3 Å². The van der Waals surface area contributed by atoms with Crippen molar-refractivity contribution in [1.82, 2.24) is 0 Å². The van der Waals surface area contributed by atoms with E-state index in [9.17, 15) is 9.90 Å². The van der Waals surface area contributed by atoms with Crippen LogP contribution in [0.15, 0.2) is 24.3 Å². The van der Waals surface area contributed by atoms with Gasteiger partial charge in [0.15, 0.2) is 5.78 Å². The molecule has 3 rings (SSSR count). The molecule has 0 saturated heterocycles. The highest BCUT2D eigenvalue weighted by Crippen LogP contribution is 2.56. The van der Waals surface area contributed by atoms with Crippen molar-refractivity contribution in [3.63, 3.8) is 0 Å². The number of hydrogen-bond acceptors (Lipinski definition) is 2. The molecule has 0 radical (unpaired) electrons. The van der Waals surface area contributed by atoms with Crippen LogP contribution in [0.5, 0.6) is 5.75 Å². The molecule has 0 aromatic heterocycles. The maximum absolute atomic E-state index is 12.1. The van der Waals surface area contributed by atoms with Crippen LogP contribution >= 0.6 is 0 Å². The molecular formula is C18H22O2. The molecule has 106 valence electrons. The first kappa shape index (κ1) is 13.4. The van der Waals surface area contributed by atoms with Gasteiger partial charge < -0.3 is 5.11 Å². The maximum Gasteiger partial charge on any atom is 0.156 e. The summed E-state index contributed by atoms with van der Waals surface area (Å²) in [5.74, 6) is 1.05. The fourth-order valence-corrected chi connectivity index (χ4v) is 4.05. The quantitative estimate of drug-likeness (QED) is 0.897. The molecule has 0 fully saturated rings. The first-order valence-corrected chi connectivity index (χ1v) is 7.64. The highest BCUT2D eigenvalue weighted by Gasteiger charge is 2.48. The number of aromatic hydroxyl groups is 1. The Morgan fingerprint density at radius 3 is 2.95 bits per heavy atom. The van der Waals surface area contributed by atoms with E-state index in [1.807, 2.05) is 18.2 Å². The van der Waals surface area contributed by atoms with Gasteiger partial charge in [-0.3, -0.25) is 4.79 Å². The first-order valence-electron chi connectivity index (χ1n) is 7.64. The number of allylic oxidation sites excluding steroid dienone is 2. The molecule has 2 nitrogen and oxygen atoms in total. The maximum atomic E-state index is 12.1. The highest BCUT2D eigenvalue weighted by molar-refractivity contribution is 6.05. The van der Waals surface area contributed by atoms with Crippen molar-refractivity contribution in [2.75, 3.05) is 0 Å². The second-order valence-electron chi connectivity index (χ2n) is 6.41. The fraction of sp³-hybridized carbons (Fsp3) is 0.500. The molecule has 0 amide bonds. The Morgan fingerprint density at radius 2 is 2.20 bits per heavy atom. The minimum Gasteiger partial charge on any atom is -0.508 e. The van der Waals surface area contributed by atoms with Gasteiger partial charge in [-0.1, -0.05) is 32.8 Å². The molecule has 1 aromatic carbocycles. The van der Waals surface area contributed by atoms with Crippen LogP contribution in [0.4, 0.5) is 0 Å². The Bertz CT molecular complexity index is 585. The minimum atomic E-state index is 0.0388. The number of rotatable bonds is 3. The molecule has 0 aliphatic heterocycles. The van der Waals surface area contributed by atoms with Crippen molar-refractivity contribution in [2.24, 2.45) is 11.3 Å². The lowest BCUT2D eigenvalue weighted by atomic mass is 9.60. The lowest BCUT2D eigenvalue weighted by Crippen LogP contribution is -2.34. The molecule has 2 aliphatic rings. The Morgan fingerprint density at radius 1 is 1.40 bits per heavy atom. The second kappa shape index (κ2) is 4.76. The summed E-state index contributed by atoms with van der Waals surface area (Å²) in [4.78, 5) is 12.1. The molecule has 1 N–H and O–H groups in total. The average molecular weight is 270 g/mol. The number of phenolic OH excluding ortho intramolecular Hbond substituents is 1. The zero-order valence-electron chi connectivity index (χ0n) is 12.3. The summed E-state index contributed by atoms with van der Waals surface area (Å²) in [6.07, 6.45) is 6.92. The summed E-state index contributed by atoms with van der Waals surface area (Å²) in [6.45, 7) is 4.46. The Labute approximate surface area is 120 Å². The van der Waals surface area contributed by atoms with Crippen molar-refractivity contribution in [1.29, 1.82) is 0 Å². The van der Waals surface area contributed by atoms with Crippen LogP contribution in [0.3, 0.4) is 0 Å². The minimum absolute atomic E-state index is 0.0388. The summed E-state index contributed by atoms with van der Waals surface area (Å²) < 4.78 is 0. The lowest BCUT2D eigenvalue weighted by molar-refractivity contribution is -0.115.